The highest BCUT2D eigenvalue weighted by Crippen LogP contribution is 2.14. The molecular weight excluding hydrogens is 264 g/mol. The number of aryl methyl sites for hydroxylation is 2. The summed E-state index contributed by atoms with van der Waals surface area (Å²) < 4.78 is 0. The lowest BCUT2D eigenvalue weighted by Crippen LogP contribution is -2.33. The Bertz CT molecular complexity index is 500. The fraction of sp³-hybridized carbons (Fsp3) is 0.471. The fourth-order valence-corrected chi connectivity index (χ4v) is 3.30. The van der Waals surface area contributed by atoms with Crippen LogP contribution in [0.5, 0.6) is 0 Å². The Hall–Kier alpha value is -1.19. The van der Waals surface area contributed by atoms with E-state index in [-0.39, 0.29) is 0 Å². The second-order valence-electron chi connectivity index (χ2n) is 5.48. The summed E-state index contributed by atoms with van der Waals surface area (Å²) in [5.41, 5.74) is 4.12. The van der Waals surface area contributed by atoms with Crippen molar-refractivity contribution in [1.82, 2.24) is 10.3 Å². The Morgan fingerprint density at radius 2 is 1.90 bits per heavy atom. The summed E-state index contributed by atoms with van der Waals surface area (Å²) in [5, 5.41) is 6.95. The Balaban J connectivity index is 2.05. The lowest BCUT2D eigenvalue weighted by Gasteiger charge is -2.18. The molecule has 0 aliphatic rings. The zero-order chi connectivity index (χ0) is 14.4. The summed E-state index contributed by atoms with van der Waals surface area (Å²) in [6.07, 6.45) is 5.15. The molecule has 2 nitrogen and oxygen atoms in total. The minimum atomic E-state index is 0.474. The number of hydrogen-bond acceptors (Lipinski definition) is 3. The third-order valence-electron chi connectivity index (χ3n) is 3.35. The largest absolute Gasteiger partial charge is 0.313 e. The molecule has 0 amide bonds. The van der Waals surface area contributed by atoms with Crippen LogP contribution in [-0.4, -0.2) is 17.6 Å². The zero-order valence-corrected chi connectivity index (χ0v) is 13.5. The summed E-state index contributed by atoms with van der Waals surface area (Å²) in [6, 6.07) is 7.31. The fourth-order valence-electron chi connectivity index (χ4n) is 2.60. The van der Waals surface area contributed by atoms with Gasteiger partial charge in [0.1, 0.15) is 0 Å². The average molecular weight is 288 g/mol. The Kier molecular flexibility index (Phi) is 5.74. The molecule has 2 rings (SSSR count). The summed E-state index contributed by atoms with van der Waals surface area (Å²) in [6.45, 7) is 7.63. The van der Waals surface area contributed by atoms with Gasteiger partial charge in [0.15, 0.2) is 0 Å². The molecule has 1 heterocycles. The number of nitrogens with zero attached hydrogens (tertiary/aromatic N) is 1. The van der Waals surface area contributed by atoms with Gasteiger partial charge in [-0.1, -0.05) is 36.2 Å². The normalized spacial score (nSPS) is 12.6. The van der Waals surface area contributed by atoms with Crippen LogP contribution in [0.1, 0.15) is 35.0 Å². The first kappa shape index (κ1) is 15.2. The van der Waals surface area contributed by atoms with Gasteiger partial charge in [-0.15, -0.1) is 11.3 Å². The van der Waals surface area contributed by atoms with Crippen molar-refractivity contribution >= 4 is 11.3 Å². The first-order chi connectivity index (χ1) is 9.67. The van der Waals surface area contributed by atoms with E-state index in [0.717, 1.165) is 19.4 Å². The van der Waals surface area contributed by atoms with Crippen molar-refractivity contribution < 1.29 is 0 Å². The Labute approximate surface area is 126 Å². The van der Waals surface area contributed by atoms with E-state index in [0.29, 0.717) is 6.04 Å². The molecule has 0 saturated heterocycles. The molecule has 3 heteroatoms. The molecule has 1 N–H and O–H groups in total. The van der Waals surface area contributed by atoms with Gasteiger partial charge >= 0.3 is 0 Å². The molecule has 0 saturated carbocycles. The van der Waals surface area contributed by atoms with Crippen LogP contribution < -0.4 is 5.32 Å². The predicted octanol–water partition coefficient (Wildman–Crippen LogP) is 3.91. The SMILES string of the molecule is CCCNC(Cc1cc(C)cc(C)c1)Cc1nccs1. The first-order valence-electron chi connectivity index (χ1n) is 7.36. The monoisotopic (exact) mass is 288 g/mol. The first-order valence-corrected chi connectivity index (χ1v) is 8.24. The number of aromatic nitrogens is 1. The van der Waals surface area contributed by atoms with Crippen molar-refractivity contribution in [2.75, 3.05) is 6.54 Å². The highest BCUT2D eigenvalue weighted by atomic mass is 32.1. The summed E-state index contributed by atoms with van der Waals surface area (Å²) >= 11 is 1.75. The summed E-state index contributed by atoms with van der Waals surface area (Å²) in [7, 11) is 0. The van der Waals surface area contributed by atoms with Gasteiger partial charge in [0, 0.05) is 24.0 Å². The quantitative estimate of drug-likeness (QED) is 0.835. The van der Waals surface area contributed by atoms with E-state index in [1.54, 1.807) is 11.3 Å². The van der Waals surface area contributed by atoms with Gasteiger partial charge in [-0.3, -0.25) is 0 Å². The number of nitrogens with one attached hydrogen (secondary N) is 1. The zero-order valence-electron chi connectivity index (χ0n) is 12.6. The van der Waals surface area contributed by atoms with Gasteiger partial charge < -0.3 is 5.32 Å². The predicted molar refractivity (Wildman–Crippen MR) is 87.5 cm³/mol. The van der Waals surface area contributed by atoms with Gasteiger partial charge in [0.25, 0.3) is 0 Å². The van der Waals surface area contributed by atoms with E-state index in [1.807, 2.05) is 6.20 Å². The molecular formula is C17H24N2S. The Morgan fingerprint density at radius 3 is 2.50 bits per heavy atom. The van der Waals surface area contributed by atoms with Crippen molar-refractivity contribution in [2.24, 2.45) is 0 Å². The second-order valence-corrected chi connectivity index (χ2v) is 6.46. The molecule has 0 aliphatic carbocycles. The van der Waals surface area contributed by atoms with Crippen LogP contribution in [0.3, 0.4) is 0 Å². The van der Waals surface area contributed by atoms with Crippen molar-refractivity contribution in [1.29, 1.82) is 0 Å². The number of benzene rings is 1. The van der Waals surface area contributed by atoms with E-state index in [2.05, 4.69) is 54.7 Å². The van der Waals surface area contributed by atoms with Crippen LogP contribution in [0.4, 0.5) is 0 Å². The maximum atomic E-state index is 4.42. The van der Waals surface area contributed by atoms with Crippen LogP contribution in [0.15, 0.2) is 29.8 Å². The molecule has 0 aliphatic heterocycles. The lowest BCUT2D eigenvalue weighted by atomic mass is 9.99. The van der Waals surface area contributed by atoms with Gasteiger partial charge in [-0.25, -0.2) is 4.98 Å². The van der Waals surface area contributed by atoms with Gasteiger partial charge in [-0.05, 0) is 38.8 Å². The van der Waals surface area contributed by atoms with E-state index in [9.17, 15) is 0 Å². The maximum Gasteiger partial charge on any atom is 0.0940 e. The van der Waals surface area contributed by atoms with Crippen LogP contribution >= 0.6 is 11.3 Å². The van der Waals surface area contributed by atoms with E-state index in [4.69, 9.17) is 0 Å². The topological polar surface area (TPSA) is 24.9 Å². The van der Waals surface area contributed by atoms with Gasteiger partial charge in [0.2, 0.25) is 0 Å². The number of thiazole rings is 1. The lowest BCUT2D eigenvalue weighted by molar-refractivity contribution is 0.504. The molecule has 0 fully saturated rings. The minimum absolute atomic E-state index is 0.474. The molecule has 108 valence electrons. The highest BCUT2D eigenvalue weighted by Gasteiger charge is 2.12. The maximum absolute atomic E-state index is 4.42. The van der Waals surface area contributed by atoms with Gasteiger partial charge in [-0.2, -0.15) is 0 Å². The molecule has 1 aromatic heterocycles. The third kappa shape index (κ3) is 4.73. The van der Waals surface area contributed by atoms with Crippen molar-refractivity contribution in [3.8, 4) is 0 Å². The van der Waals surface area contributed by atoms with E-state index < -0.39 is 0 Å². The molecule has 0 bridgehead atoms. The molecule has 1 unspecified atom stereocenters. The standard InChI is InChI=1S/C17H24N2S/c1-4-5-18-16(12-17-19-6-7-20-17)11-15-9-13(2)8-14(3)10-15/h6-10,16,18H,4-5,11-12H2,1-3H3. The van der Waals surface area contributed by atoms with E-state index in [1.165, 1.54) is 28.1 Å². The molecule has 1 aromatic carbocycles. The number of hydrogen-bond donors (Lipinski definition) is 1. The summed E-state index contributed by atoms with van der Waals surface area (Å²) in [5.74, 6) is 0. The average Bonchev–Trinajstić information content (AvgIpc) is 2.87. The van der Waals surface area contributed by atoms with Crippen LogP contribution in [0.2, 0.25) is 0 Å². The highest BCUT2D eigenvalue weighted by molar-refractivity contribution is 7.09. The number of rotatable bonds is 7. The van der Waals surface area contributed by atoms with Crippen LogP contribution in [-0.2, 0) is 12.8 Å². The molecule has 20 heavy (non-hydrogen) atoms. The van der Waals surface area contributed by atoms with Crippen molar-refractivity contribution in [2.45, 2.75) is 46.1 Å². The molecule has 0 radical (unpaired) electrons. The van der Waals surface area contributed by atoms with Crippen LogP contribution in [0.25, 0.3) is 0 Å². The van der Waals surface area contributed by atoms with Gasteiger partial charge in [0.05, 0.1) is 5.01 Å². The third-order valence-corrected chi connectivity index (χ3v) is 4.15. The molecule has 1 atom stereocenters. The minimum Gasteiger partial charge on any atom is -0.313 e. The molecule has 0 spiro atoms. The van der Waals surface area contributed by atoms with Crippen molar-refractivity contribution in [3.05, 3.63) is 51.5 Å². The smallest absolute Gasteiger partial charge is 0.0940 e. The summed E-state index contributed by atoms with van der Waals surface area (Å²) in [4.78, 5) is 4.42. The molecule has 2 aromatic rings. The van der Waals surface area contributed by atoms with E-state index >= 15 is 0 Å². The van der Waals surface area contributed by atoms with Crippen molar-refractivity contribution in [3.63, 3.8) is 0 Å². The van der Waals surface area contributed by atoms with Crippen LogP contribution in [0, 0.1) is 13.8 Å². The Morgan fingerprint density at radius 1 is 1.15 bits per heavy atom. The second kappa shape index (κ2) is 7.55.